The molecule has 0 saturated carbocycles. The van der Waals surface area contributed by atoms with E-state index < -0.39 is 7.12 Å². The molecule has 0 saturated heterocycles. The van der Waals surface area contributed by atoms with Crippen molar-refractivity contribution >= 4 is 18.3 Å². The van der Waals surface area contributed by atoms with Crippen molar-refractivity contribution in [3.05, 3.63) is 23.8 Å². The number of hydrogen-bond acceptors (Lipinski definition) is 3. The Labute approximate surface area is 78.8 Å². The molecule has 0 amide bonds. The smallest absolute Gasteiger partial charge is 0.423 e. The van der Waals surface area contributed by atoms with Gasteiger partial charge in [-0.3, -0.25) is 0 Å². The Balaban J connectivity index is 3.11. The van der Waals surface area contributed by atoms with Crippen molar-refractivity contribution < 1.29 is 10.0 Å². The Bertz CT molecular complexity index is 300. The van der Waals surface area contributed by atoms with Crippen LogP contribution >= 0.6 is 0 Å². The standard InChI is InChI=1S/C9H14BNO2/c1-7-4-5-8(11(2)3)6-9(7)10(12)13/h4-6,12-13H,1-3H3. The Morgan fingerprint density at radius 2 is 1.85 bits per heavy atom. The number of rotatable bonds is 2. The summed E-state index contributed by atoms with van der Waals surface area (Å²) in [5, 5.41) is 18.1. The van der Waals surface area contributed by atoms with Gasteiger partial charge in [-0.25, -0.2) is 0 Å². The third-order valence-electron chi connectivity index (χ3n) is 2.06. The molecule has 13 heavy (non-hydrogen) atoms. The molecule has 0 atom stereocenters. The Hall–Kier alpha value is -0.995. The van der Waals surface area contributed by atoms with Crippen LogP contribution < -0.4 is 10.4 Å². The van der Waals surface area contributed by atoms with Gasteiger partial charge >= 0.3 is 7.12 Å². The van der Waals surface area contributed by atoms with Crippen molar-refractivity contribution in [2.45, 2.75) is 6.92 Å². The molecule has 1 aromatic rings. The van der Waals surface area contributed by atoms with Crippen LogP contribution in [0.1, 0.15) is 5.56 Å². The lowest BCUT2D eigenvalue weighted by atomic mass is 9.77. The quantitative estimate of drug-likeness (QED) is 0.614. The SMILES string of the molecule is Cc1ccc(N(C)C)cc1B(O)O. The number of benzene rings is 1. The molecule has 0 radical (unpaired) electrons. The van der Waals surface area contributed by atoms with E-state index in [1.54, 1.807) is 6.07 Å². The van der Waals surface area contributed by atoms with Crippen LogP contribution in [0.25, 0.3) is 0 Å². The molecule has 0 heterocycles. The lowest BCUT2D eigenvalue weighted by molar-refractivity contribution is 0.425. The normalized spacial score (nSPS) is 9.92. The topological polar surface area (TPSA) is 43.7 Å². The second-order valence-electron chi connectivity index (χ2n) is 3.31. The van der Waals surface area contributed by atoms with Gasteiger partial charge in [0.15, 0.2) is 0 Å². The summed E-state index contributed by atoms with van der Waals surface area (Å²) in [6.07, 6.45) is 0. The maximum absolute atomic E-state index is 9.05. The summed E-state index contributed by atoms with van der Waals surface area (Å²) in [6.45, 7) is 1.86. The molecule has 0 fully saturated rings. The minimum Gasteiger partial charge on any atom is -0.423 e. The molecule has 0 aliphatic rings. The molecule has 0 spiro atoms. The van der Waals surface area contributed by atoms with Gasteiger partial charge in [-0.15, -0.1) is 0 Å². The molecule has 4 heteroatoms. The Kier molecular flexibility index (Phi) is 2.96. The third-order valence-corrected chi connectivity index (χ3v) is 2.06. The van der Waals surface area contributed by atoms with E-state index in [1.807, 2.05) is 38.1 Å². The van der Waals surface area contributed by atoms with Gasteiger partial charge in [0.1, 0.15) is 0 Å². The first-order chi connectivity index (χ1) is 6.02. The zero-order valence-electron chi connectivity index (χ0n) is 8.15. The van der Waals surface area contributed by atoms with Crippen molar-refractivity contribution in [2.24, 2.45) is 0 Å². The van der Waals surface area contributed by atoms with Crippen molar-refractivity contribution in [1.29, 1.82) is 0 Å². The molecular formula is C9H14BNO2. The van der Waals surface area contributed by atoms with Crippen molar-refractivity contribution in [2.75, 3.05) is 19.0 Å². The Morgan fingerprint density at radius 1 is 1.23 bits per heavy atom. The van der Waals surface area contributed by atoms with E-state index in [-0.39, 0.29) is 0 Å². The molecule has 1 aromatic carbocycles. The zero-order chi connectivity index (χ0) is 10.0. The van der Waals surface area contributed by atoms with Crippen LogP contribution in [-0.2, 0) is 0 Å². The van der Waals surface area contributed by atoms with E-state index in [9.17, 15) is 0 Å². The van der Waals surface area contributed by atoms with Crippen LogP contribution in [0.15, 0.2) is 18.2 Å². The lowest BCUT2D eigenvalue weighted by Gasteiger charge is -2.14. The summed E-state index contributed by atoms with van der Waals surface area (Å²) in [7, 11) is 2.44. The number of hydrogen-bond donors (Lipinski definition) is 2. The average Bonchev–Trinajstić information content (AvgIpc) is 2.04. The van der Waals surface area contributed by atoms with Gasteiger partial charge in [0.25, 0.3) is 0 Å². The van der Waals surface area contributed by atoms with E-state index in [2.05, 4.69) is 0 Å². The number of aryl methyl sites for hydroxylation is 1. The van der Waals surface area contributed by atoms with Gasteiger partial charge in [0.05, 0.1) is 0 Å². The van der Waals surface area contributed by atoms with Crippen molar-refractivity contribution in [1.82, 2.24) is 0 Å². The average molecular weight is 179 g/mol. The van der Waals surface area contributed by atoms with E-state index in [1.165, 1.54) is 0 Å². The predicted octanol–water partition coefficient (Wildman–Crippen LogP) is -0.259. The van der Waals surface area contributed by atoms with Gasteiger partial charge < -0.3 is 14.9 Å². The largest absolute Gasteiger partial charge is 0.488 e. The van der Waals surface area contributed by atoms with Crippen LogP contribution in [0.5, 0.6) is 0 Å². The summed E-state index contributed by atoms with van der Waals surface area (Å²) in [5.74, 6) is 0. The molecular weight excluding hydrogens is 165 g/mol. The number of nitrogens with zero attached hydrogens (tertiary/aromatic N) is 1. The molecule has 1 rings (SSSR count). The van der Waals surface area contributed by atoms with Gasteiger partial charge in [-0.05, 0) is 24.5 Å². The molecule has 0 aliphatic heterocycles. The summed E-state index contributed by atoms with van der Waals surface area (Å²) in [6, 6.07) is 5.60. The zero-order valence-corrected chi connectivity index (χ0v) is 8.15. The molecule has 0 aromatic heterocycles. The van der Waals surface area contributed by atoms with Gasteiger partial charge in [-0.1, -0.05) is 11.6 Å². The maximum Gasteiger partial charge on any atom is 0.488 e. The fourth-order valence-corrected chi connectivity index (χ4v) is 1.18. The van der Waals surface area contributed by atoms with Gasteiger partial charge in [0.2, 0.25) is 0 Å². The fraction of sp³-hybridized carbons (Fsp3) is 0.333. The minimum absolute atomic E-state index is 0.561. The molecule has 70 valence electrons. The van der Waals surface area contributed by atoms with Crippen molar-refractivity contribution in [3.63, 3.8) is 0 Å². The third kappa shape index (κ3) is 2.23. The first-order valence-corrected chi connectivity index (χ1v) is 4.16. The second-order valence-corrected chi connectivity index (χ2v) is 3.31. The van der Waals surface area contributed by atoms with E-state index in [0.717, 1.165) is 11.3 Å². The highest BCUT2D eigenvalue weighted by Gasteiger charge is 2.14. The summed E-state index contributed by atoms with van der Waals surface area (Å²) in [5.41, 5.74) is 2.42. The van der Waals surface area contributed by atoms with Crippen molar-refractivity contribution in [3.8, 4) is 0 Å². The van der Waals surface area contributed by atoms with Crippen LogP contribution in [0.2, 0.25) is 0 Å². The van der Waals surface area contributed by atoms with E-state index in [0.29, 0.717) is 5.46 Å². The first-order valence-electron chi connectivity index (χ1n) is 4.16. The highest BCUT2D eigenvalue weighted by atomic mass is 16.4. The van der Waals surface area contributed by atoms with Crippen LogP contribution in [0.4, 0.5) is 5.69 Å². The second kappa shape index (κ2) is 3.81. The summed E-state index contributed by atoms with van der Waals surface area (Å²) < 4.78 is 0. The molecule has 0 aliphatic carbocycles. The number of anilines is 1. The maximum atomic E-state index is 9.05. The lowest BCUT2D eigenvalue weighted by Crippen LogP contribution is -2.32. The monoisotopic (exact) mass is 179 g/mol. The first kappa shape index (κ1) is 10.1. The summed E-state index contributed by atoms with van der Waals surface area (Å²) >= 11 is 0. The molecule has 0 bridgehead atoms. The highest BCUT2D eigenvalue weighted by Crippen LogP contribution is 2.10. The molecule has 3 nitrogen and oxygen atoms in total. The molecule has 2 N–H and O–H groups in total. The summed E-state index contributed by atoms with van der Waals surface area (Å²) in [4.78, 5) is 1.92. The van der Waals surface area contributed by atoms with E-state index >= 15 is 0 Å². The van der Waals surface area contributed by atoms with Gasteiger partial charge in [0, 0.05) is 19.8 Å². The highest BCUT2D eigenvalue weighted by molar-refractivity contribution is 6.59. The van der Waals surface area contributed by atoms with Crippen LogP contribution in [-0.4, -0.2) is 31.3 Å². The predicted molar refractivity (Wildman–Crippen MR) is 55.3 cm³/mol. The van der Waals surface area contributed by atoms with Crippen LogP contribution in [0, 0.1) is 6.92 Å². The minimum atomic E-state index is -1.39. The van der Waals surface area contributed by atoms with E-state index in [4.69, 9.17) is 10.0 Å². The fourth-order valence-electron chi connectivity index (χ4n) is 1.18. The van der Waals surface area contributed by atoms with Gasteiger partial charge in [-0.2, -0.15) is 0 Å². The molecule has 0 unspecified atom stereocenters. The Morgan fingerprint density at radius 3 is 2.31 bits per heavy atom. The van der Waals surface area contributed by atoms with Crippen LogP contribution in [0.3, 0.4) is 0 Å².